The van der Waals surface area contributed by atoms with Crippen LogP contribution in [0.1, 0.15) is 50.6 Å². The van der Waals surface area contributed by atoms with Crippen molar-refractivity contribution in [3.63, 3.8) is 0 Å². The molecular formula is C17H26N2O. The predicted molar refractivity (Wildman–Crippen MR) is 82.8 cm³/mol. The van der Waals surface area contributed by atoms with Crippen LogP contribution in [0.4, 0.5) is 5.69 Å². The Kier molecular flexibility index (Phi) is 3.74. The summed E-state index contributed by atoms with van der Waals surface area (Å²) in [7, 11) is 0. The summed E-state index contributed by atoms with van der Waals surface area (Å²) in [6.07, 6.45) is 5.54. The van der Waals surface area contributed by atoms with Crippen molar-refractivity contribution in [3.8, 4) is 0 Å². The average Bonchev–Trinajstić information content (AvgIpc) is 2.46. The van der Waals surface area contributed by atoms with E-state index in [0.717, 1.165) is 25.9 Å². The minimum atomic E-state index is -0.388. The minimum absolute atomic E-state index is 0.0915. The van der Waals surface area contributed by atoms with Crippen molar-refractivity contribution in [2.75, 3.05) is 18.0 Å². The normalized spacial score (nSPS) is 31.8. The molecule has 20 heavy (non-hydrogen) atoms. The van der Waals surface area contributed by atoms with Gasteiger partial charge in [0.05, 0.1) is 5.60 Å². The number of rotatable bonds is 2. The lowest BCUT2D eigenvalue weighted by Gasteiger charge is -2.48. The highest BCUT2D eigenvalue weighted by molar-refractivity contribution is 5.48. The molecule has 2 unspecified atom stereocenters. The summed E-state index contributed by atoms with van der Waals surface area (Å²) in [5, 5.41) is 10.7. The van der Waals surface area contributed by atoms with Crippen molar-refractivity contribution in [3.05, 3.63) is 29.8 Å². The first-order chi connectivity index (χ1) is 9.58. The standard InChI is InChI=1S/C17H26N2O/c1-13(18)14-5-7-16(8-6-14)19-11-10-17(20)9-3-2-4-15(17)12-19/h5-8,13,15,20H,2-4,9-12,18H2,1H3/t13-,15?,17?/m1/s1. The van der Waals surface area contributed by atoms with E-state index in [0.29, 0.717) is 5.92 Å². The highest BCUT2D eigenvalue weighted by Gasteiger charge is 2.42. The first-order valence-electron chi connectivity index (χ1n) is 7.91. The van der Waals surface area contributed by atoms with Gasteiger partial charge in [-0.05, 0) is 43.9 Å². The van der Waals surface area contributed by atoms with Crippen LogP contribution < -0.4 is 10.6 Å². The van der Waals surface area contributed by atoms with E-state index >= 15 is 0 Å². The third-order valence-electron chi connectivity index (χ3n) is 5.21. The van der Waals surface area contributed by atoms with E-state index in [1.807, 2.05) is 6.92 Å². The van der Waals surface area contributed by atoms with Crippen molar-refractivity contribution in [1.29, 1.82) is 0 Å². The SMILES string of the molecule is C[C@@H](N)c1ccc(N2CCC3(O)CCCCC3C2)cc1. The molecule has 1 saturated heterocycles. The van der Waals surface area contributed by atoms with E-state index in [4.69, 9.17) is 5.73 Å². The van der Waals surface area contributed by atoms with Crippen molar-refractivity contribution in [2.24, 2.45) is 11.7 Å². The maximum atomic E-state index is 10.7. The van der Waals surface area contributed by atoms with E-state index in [1.165, 1.54) is 30.5 Å². The van der Waals surface area contributed by atoms with Gasteiger partial charge in [0.25, 0.3) is 0 Å². The number of benzene rings is 1. The zero-order valence-corrected chi connectivity index (χ0v) is 12.4. The fourth-order valence-corrected chi connectivity index (χ4v) is 3.79. The molecule has 1 saturated carbocycles. The highest BCUT2D eigenvalue weighted by Crippen LogP contribution is 2.40. The summed E-state index contributed by atoms with van der Waals surface area (Å²) in [6, 6.07) is 8.69. The number of nitrogens with two attached hydrogens (primary N) is 1. The number of hydrogen-bond acceptors (Lipinski definition) is 3. The Morgan fingerprint density at radius 2 is 2.00 bits per heavy atom. The zero-order chi connectivity index (χ0) is 14.2. The van der Waals surface area contributed by atoms with Crippen LogP contribution in [0.3, 0.4) is 0 Å². The second kappa shape index (κ2) is 5.38. The summed E-state index contributed by atoms with van der Waals surface area (Å²) in [6.45, 7) is 3.97. The Balaban J connectivity index is 1.72. The lowest BCUT2D eigenvalue weighted by molar-refractivity contribution is -0.0612. The number of anilines is 1. The van der Waals surface area contributed by atoms with Crippen LogP contribution in [0.5, 0.6) is 0 Å². The molecule has 3 rings (SSSR count). The summed E-state index contributed by atoms with van der Waals surface area (Å²) < 4.78 is 0. The van der Waals surface area contributed by atoms with Gasteiger partial charge in [0.1, 0.15) is 0 Å². The van der Waals surface area contributed by atoms with Crippen LogP contribution in [-0.4, -0.2) is 23.8 Å². The van der Waals surface area contributed by atoms with Crippen LogP contribution in [0, 0.1) is 5.92 Å². The van der Waals surface area contributed by atoms with E-state index in [9.17, 15) is 5.11 Å². The molecule has 110 valence electrons. The van der Waals surface area contributed by atoms with Crippen LogP contribution in [0.15, 0.2) is 24.3 Å². The lowest BCUT2D eigenvalue weighted by Crippen LogP contribution is -2.53. The Morgan fingerprint density at radius 3 is 2.70 bits per heavy atom. The molecule has 0 aromatic heterocycles. The molecule has 3 nitrogen and oxygen atoms in total. The topological polar surface area (TPSA) is 49.5 Å². The quantitative estimate of drug-likeness (QED) is 0.872. The molecule has 1 aliphatic heterocycles. The molecule has 2 aliphatic rings. The monoisotopic (exact) mass is 274 g/mol. The van der Waals surface area contributed by atoms with Crippen LogP contribution in [0.25, 0.3) is 0 Å². The van der Waals surface area contributed by atoms with Gasteiger partial charge in [-0.2, -0.15) is 0 Å². The molecule has 1 aromatic carbocycles. The molecular weight excluding hydrogens is 248 g/mol. The second-order valence-electron chi connectivity index (χ2n) is 6.62. The molecule has 3 N–H and O–H groups in total. The summed E-state index contributed by atoms with van der Waals surface area (Å²) in [5.41, 5.74) is 7.96. The first-order valence-corrected chi connectivity index (χ1v) is 7.91. The fourth-order valence-electron chi connectivity index (χ4n) is 3.79. The molecule has 3 atom stereocenters. The fraction of sp³-hybridized carbons (Fsp3) is 0.647. The number of hydrogen-bond donors (Lipinski definition) is 2. The Bertz CT molecular complexity index is 457. The number of fused-ring (bicyclic) bond motifs is 1. The maximum absolute atomic E-state index is 10.7. The molecule has 2 fully saturated rings. The Morgan fingerprint density at radius 1 is 1.25 bits per heavy atom. The van der Waals surface area contributed by atoms with Gasteiger partial charge in [-0.15, -0.1) is 0 Å². The van der Waals surface area contributed by atoms with Gasteiger partial charge in [-0.25, -0.2) is 0 Å². The van der Waals surface area contributed by atoms with Crippen molar-refractivity contribution in [1.82, 2.24) is 0 Å². The van der Waals surface area contributed by atoms with E-state index in [2.05, 4.69) is 29.2 Å². The third kappa shape index (κ3) is 2.57. The van der Waals surface area contributed by atoms with Gasteiger partial charge in [0.2, 0.25) is 0 Å². The van der Waals surface area contributed by atoms with Crippen LogP contribution >= 0.6 is 0 Å². The first kappa shape index (κ1) is 13.9. The summed E-state index contributed by atoms with van der Waals surface area (Å²) in [4.78, 5) is 2.43. The number of piperidine rings is 1. The molecule has 1 heterocycles. The lowest BCUT2D eigenvalue weighted by atomic mass is 9.71. The molecule has 3 heteroatoms. The van der Waals surface area contributed by atoms with Gasteiger partial charge >= 0.3 is 0 Å². The van der Waals surface area contributed by atoms with Crippen LogP contribution in [-0.2, 0) is 0 Å². The molecule has 1 aromatic rings. The number of aliphatic hydroxyl groups is 1. The smallest absolute Gasteiger partial charge is 0.0709 e. The number of nitrogens with zero attached hydrogens (tertiary/aromatic N) is 1. The van der Waals surface area contributed by atoms with Gasteiger partial charge < -0.3 is 15.7 Å². The maximum Gasteiger partial charge on any atom is 0.0709 e. The van der Waals surface area contributed by atoms with Gasteiger partial charge in [-0.1, -0.05) is 25.0 Å². The average molecular weight is 274 g/mol. The molecule has 1 aliphatic carbocycles. The third-order valence-corrected chi connectivity index (χ3v) is 5.21. The Hall–Kier alpha value is -1.06. The molecule has 0 bridgehead atoms. The summed E-state index contributed by atoms with van der Waals surface area (Å²) >= 11 is 0. The van der Waals surface area contributed by atoms with Gasteiger partial charge in [-0.3, -0.25) is 0 Å². The van der Waals surface area contributed by atoms with E-state index in [1.54, 1.807) is 0 Å². The zero-order valence-electron chi connectivity index (χ0n) is 12.4. The van der Waals surface area contributed by atoms with Crippen molar-refractivity contribution in [2.45, 2.75) is 50.7 Å². The van der Waals surface area contributed by atoms with Gasteiger partial charge in [0, 0.05) is 30.7 Å². The molecule has 0 radical (unpaired) electrons. The Labute approximate surface area is 121 Å². The van der Waals surface area contributed by atoms with E-state index < -0.39 is 0 Å². The van der Waals surface area contributed by atoms with E-state index in [-0.39, 0.29) is 11.6 Å². The minimum Gasteiger partial charge on any atom is -0.389 e. The summed E-state index contributed by atoms with van der Waals surface area (Å²) in [5.74, 6) is 0.443. The van der Waals surface area contributed by atoms with Gasteiger partial charge in [0.15, 0.2) is 0 Å². The molecule has 0 amide bonds. The van der Waals surface area contributed by atoms with Crippen LogP contribution in [0.2, 0.25) is 0 Å². The van der Waals surface area contributed by atoms with Crippen molar-refractivity contribution >= 4 is 5.69 Å². The largest absolute Gasteiger partial charge is 0.389 e. The van der Waals surface area contributed by atoms with Crippen molar-refractivity contribution < 1.29 is 5.11 Å². The second-order valence-corrected chi connectivity index (χ2v) is 6.62. The predicted octanol–water partition coefficient (Wildman–Crippen LogP) is 2.84. The molecule has 0 spiro atoms. The highest BCUT2D eigenvalue weighted by atomic mass is 16.3.